The lowest BCUT2D eigenvalue weighted by molar-refractivity contribution is -0.659. The van der Waals surface area contributed by atoms with Crippen LogP contribution in [0.25, 0.3) is 22.0 Å². The molecule has 3 aromatic rings. The highest BCUT2D eigenvalue weighted by Gasteiger charge is 2.35. The molecule has 1 heterocycles. The number of pyridine rings is 1. The predicted molar refractivity (Wildman–Crippen MR) is 124 cm³/mol. The number of nitrogens with zero attached hydrogens (tertiary/aromatic N) is 1. The molecule has 1 fully saturated rings. The maximum Gasteiger partial charge on any atom is 0.220 e. The monoisotopic (exact) mass is 388 g/mol. The fourth-order valence-electron chi connectivity index (χ4n) is 5.28. The van der Waals surface area contributed by atoms with E-state index < -0.39 is 8.07 Å². The number of hydrogen-bond donors (Lipinski definition) is 0. The molecule has 0 radical (unpaired) electrons. The van der Waals surface area contributed by atoms with Gasteiger partial charge in [0.2, 0.25) is 5.69 Å². The molecule has 0 atom stereocenters. The Morgan fingerprint density at radius 3 is 2.36 bits per heavy atom. The zero-order valence-electron chi connectivity index (χ0n) is 18.4. The highest BCUT2D eigenvalue weighted by atomic mass is 28.3. The molecule has 0 amide bonds. The summed E-state index contributed by atoms with van der Waals surface area (Å²) in [6, 6.07) is 14.3. The third-order valence-electron chi connectivity index (χ3n) is 7.32. The van der Waals surface area contributed by atoms with Crippen molar-refractivity contribution in [2.45, 2.75) is 65.1 Å². The van der Waals surface area contributed by atoms with Crippen LogP contribution < -0.4 is 9.75 Å². The van der Waals surface area contributed by atoms with E-state index in [1.54, 1.807) is 5.19 Å². The van der Waals surface area contributed by atoms with Gasteiger partial charge in [0.1, 0.15) is 7.05 Å². The van der Waals surface area contributed by atoms with Crippen molar-refractivity contribution < 1.29 is 4.57 Å². The van der Waals surface area contributed by atoms with Crippen molar-refractivity contribution in [3.63, 3.8) is 0 Å². The second kappa shape index (κ2) is 7.15. The van der Waals surface area contributed by atoms with Crippen molar-refractivity contribution in [3.8, 4) is 11.3 Å². The van der Waals surface area contributed by atoms with E-state index in [1.165, 1.54) is 64.4 Å². The molecule has 2 aromatic carbocycles. The molecule has 0 bridgehead atoms. The molecule has 0 saturated heterocycles. The molecule has 146 valence electrons. The van der Waals surface area contributed by atoms with E-state index in [2.05, 4.69) is 88.1 Å². The zero-order chi connectivity index (χ0) is 20.1. The molecule has 1 nitrogen and oxygen atoms in total. The molecule has 28 heavy (non-hydrogen) atoms. The van der Waals surface area contributed by atoms with Gasteiger partial charge in [-0.25, -0.2) is 4.57 Å². The Kier molecular flexibility index (Phi) is 4.95. The lowest BCUT2D eigenvalue weighted by Gasteiger charge is -2.30. The molecular formula is C26H34NSi+. The molecule has 0 N–H and O–H groups in total. The molecule has 1 aromatic heterocycles. The smallest absolute Gasteiger partial charge is 0.200 e. The van der Waals surface area contributed by atoms with E-state index in [1.807, 2.05) is 0 Å². The number of benzene rings is 2. The van der Waals surface area contributed by atoms with E-state index in [9.17, 15) is 0 Å². The van der Waals surface area contributed by atoms with Gasteiger partial charge in [0.25, 0.3) is 0 Å². The average Bonchev–Trinajstić information content (AvgIpc) is 3.20. The second-order valence-electron chi connectivity index (χ2n) is 9.53. The first kappa shape index (κ1) is 19.4. The molecule has 0 aliphatic heterocycles. The minimum atomic E-state index is -1.41. The fourth-order valence-corrected chi connectivity index (χ4v) is 8.64. The first-order chi connectivity index (χ1) is 13.3. The summed E-state index contributed by atoms with van der Waals surface area (Å²) in [5.74, 6) is 0. The minimum Gasteiger partial charge on any atom is -0.200 e. The van der Waals surface area contributed by atoms with Gasteiger partial charge in [-0.15, -0.1) is 0 Å². The number of aryl methyl sites for hydroxylation is 3. The highest BCUT2D eigenvalue weighted by molar-refractivity contribution is 6.91. The van der Waals surface area contributed by atoms with Crippen LogP contribution in [0.1, 0.15) is 42.4 Å². The van der Waals surface area contributed by atoms with Gasteiger partial charge in [0.05, 0.1) is 19.0 Å². The molecule has 2 heteroatoms. The Hall–Kier alpha value is -1.93. The van der Waals surface area contributed by atoms with Crippen molar-refractivity contribution in [2.24, 2.45) is 7.05 Å². The predicted octanol–water partition coefficient (Wildman–Crippen LogP) is 6.12. The minimum absolute atomic E-state index is 0.950. The van der Waals surface area contributed by atoms with E-state index in [0.717, 1.165) is 5.54 Å². The Bertz CT molecular complexity index is 1040. The number of aromatic nitrogens is 1. The summed E-state index contributed by atoms with van der Waals surface area (Å²) in [5.41, 5.74) is 7.75. The van der Waals surface area contributed by atoms with Crippen molar-refractivity contribution in [2.75, 3.05) is 0 Å². The number of rotatable bonds is 3. The normalized spacial score (nSPS) is 15.5. The van der Waals surface area contributed by atoms with Crippen LogP contribution in [0, 0.1) is 20.8 Å². The van der Waals surface area contributed by atoms with Crippen LogP contribution in [0.3, 0.4) is 0 Å². The lowest BCUT2D eigenvalue weighted by Crippen LogP contribution is -2.45. The Balaban J connectivity index is 1.89. The van der Waals surface area contributed by atoms with Gasteiger partial charge in [0, 0.05) is 6.07 Å². The van der Waals surface area contributed by atoms with Gasteiger partial charge in [-0.2, -0.15) is 0 Å². The van der Waals surface area contributed by atoms with Gasteiger partial charge in [-0.1, -0.05) is 67.7 Å². The second-order valence-corrected chi connectivity index (χ2v) is 14.4. The van der Waals surface area contributed by atoms with Gasteiger partial charge in [0.15, 0.2) is 6.20 Å². The third kappa shape index (κ3) is 3.22. The maximum atomic E-state index is 2.59. The summed E-state index contributed by atoms with van der Waals surface area (Å²) in [6.07, 6.45) is 7.98. The summed E-state index contributed by atoms with van der Waals surface area (Å²) in [7, 11) is 0.768. The quantitative estimate of drug-likeness (QED) is 0.376. The van der Waals surface area contributed by atoms with Crippen molar-refractivity contribution in [1.82, 2.24) is 0 Å². The van der Waals surface area contributed by atoms with Gasteiger partial charge < -0.3 is 0 Å². The summed E-state index contributed by atoms with van der Waals surface area (Å²) in [6.45, 7) is 11.9. The average molecular weight is 389 g/mol. The molecule has 1 saturated carbocycles. The van der Waals surface area contributed by atoms with Crippen molar-refractivity contribution >= 4 is 24.0 Å². The van der Waals surface area contributed by atoms with E-state index in [4.69, 9.17) is 0 Å². The van der Waals surface area contributed by atoms with Crippen LogP contribution in [0.5, 0.6) is 0 Å². The molecular weight excluding hydrogens is 354 g/mol. The topological polar surface area (TPSA) is 3.88 Å². The molecule has 1 aliphatic rings. The highest BCUT2D eigenvalue weighted by Crippen LogP contribution is 2.39. The Morgan fingerprint density at radius 1 is 0.929 bits per heavy atom. The molecule has 1 aliphatic carbocycles. The van der Waals surface area contributed by atoms with Crippen molar-refractivity contribution in [3.05, 3.63) is 59.3 Å². The summed E-state index contributed by atoms with van der Waals surface area (Å²) < 4.78 is 2.29. The van der Waals surface area contributed by atoms with Crippen LogP contribution in [-0.2, 0) is 7.05 Å². The van der Waals surface area contributed by atoms with E-state index in [0.29, 0.717) is 0 Å². The zero-order valence-corrected chi connectivity index (χ0v) is 19.4. The van der Waals surface area contributed by atoms with Crippen molar-refractivity contribution in [1.29, 1.82) is 0 Å². The Morgan fingerprint density at radius 2 is 1.64 bits per heavy atom. The molecule has 4 rings (SSSR count). The maximum absolute atomic E-state index is 2.59. The van der Waals surface area contributed by atoms with Gasteiger partial charge in [-0.3, -0.25) is 0 Å². The first-order valence-corrected chi connectivity index (χ1v) is 13.9. The lowest BCUT2D eigenvalue weighted by atomic mass is 9.94. The number of fused-ring (bicyclic) bond motifs is 1. The van der Waals surface area contributed by atoms with Gasteiger partial charge in [-0.05, 0) is 55.0 Å². The van der Waals surface area contributed by atoms with Crippen LogP contribution in [0.4, 0.5) is 0 Å². The summed E-state index contributed by atoms with van der Waals surface area (Å²) in [4.78, 5) is 0. The molecule has 0 unspecified atom stereocenters. The summed E-state index contributed by atoms with van der Waals surface area (Å²) >= 11 is 0. The summed E-state index contributed by atoms with van der Waals surface area (Å²) in [5, 5.41) is 4.39. The van der Waals surface area contributed by atoms with Crippen LogP contribution in [-0.4, -0.2) is 8.07 Å². The largest absolute Gasteiger partial charge is 0.220 e. The number of hydrogen-bond acceptors (Lipinski definition) is 0. The first-order valence-electron chi connectivity index (χ1n) is 10.8. The van der Waals surface area contributed by atoms with Gasteiger partial charge >= 0.3 is 0 Å². The fraction of sp³-hybridized carbons (Fsp3) is 0.423. The van der Waals surface area contributed by atoms with E-state index in [-0.39, 0.29) is 0 Å². The molecule has 0 spiro atoms. The van der Waals surface area contributed by atoms with Crippen LogP contribution >= 0.6 is 0 Å². The van der Waals surface area contributed by atoms with Crippen LogP contribution in [0.2, 0.25) is 18.6 Å². The van der Waals surface area contributed by atoms with E-state index >= 15 is 0 Å². The standard InChI is InChI=1S/C26H34NSi/c1-18-15-19(2)20(3)25(16-18)26-24-12-11-23(17-21(24)13-14-27(26)4)28(5,6)22-9-7-8-10-22/h11-17,22H,7-10H2,1-6H3/q+1. The SMILES string of the molecule is Cc1cc(C)c(C)c(-c2c3ccc([Si](C)(C)C4CCCC4)cc3cc[n+]2C)c1. The Labute approximate surface area is 171 Å². The van der Waals surface area contributed by atoms with Crippen LogP contribution in [0.15, 0.2) is 42.6 Å². The third-order valence-corrected chi connectivity index (χ3v) is 11.7.